The van der Waals surface area contributed by atoms with Gasteiger partial charge in [-0.15, -0.1) is 0 Å². The van der Waals surface area contributed by atoms with Crippen molar-refractivity contribution in [2.75, 3.05) is 26.2 Å². The van der Waals surface area contributed by atoms with E-state index in [0.29, 0.717) is 35.2 Å². The average Bonchev–Trinajstić information content (AvgIpc) is 3.54. The minimum atomic E-state index is -3.64. The van der Waals surface area contributed by atoms with E-state index in [0.717, 1.165) is 42.3 Å². The van der Waals surface area contributed by atoms with Crippen LogP contribution < -0.4 is 0 Å². The summed E-state index contributed by atoms with van der Waals surface area (Å²) in [7, 11) is -3.64. The number of carbonyl (C=O) groups is 1. The standard InChI is InChI=1S/C29H33N5O3S2/c1-4-33(5-2)39(36,37)25-13-9-10-22(18-25)27-23(20-34(31-27)24-11-7-6-8-12-24)19-26-28(35)30-29(38-26)32-16-14-21(3)15-17-32/h6-13,18-21H,4-5,14-17H2,1-3H3. The molecule has 2 aliphatic rings. The lowest BCUT2D eigenvalue weighted by atomic mass is 10.00. The first kappa shape index (κ1) is 27.4. The molecule has 0 spiro atoms. The zero-order chi connectivity index (χ0) is 27.6. The SMILES string of the molecule is CCN(CC)S(=O)(=O)c1cccc(-c2nn(-c3ccccc3)cc2C=C2SC(N3CCC(C)CC3)=NC2=O)c1. The molecule has 0 saturated carbocycles. The maximum absolute atomic E-state index is 13.2. The summed E-state index contributed by atoms with van der Waals surface area (Å²) in [5.41, 5.74) is 2.83. The van der Waals surface area contributed by atoms with Gasteiger partial charge in [0.15, 0.2) is 5.17 Å². The molecule has 3 heterocycles. The molecule has 5 rings (SSSR count). The number of thioether (sulfide) groups is 1. The second-order valence-electron chi connectivity index (χ2n) is 9.81. The minimum Gasteiger partial charge on any atom is -0.351 e. The van der Waals surface area contributed by atoms with Crippen molar-refractivity contribution in [3.63, 3.8) is 0 Å². The van der Waals surface area contributed by atoms with E-state index < -0.39 is 10.0 Å². The molecule has 1 amide bonds. The number of likely N-dealkylation sites (tertiary alicyclic amines) is 1. The molecule has 204 valence electrons. The third-order valence-electron chi connectivity index (χ3n) is 7.16. The maximum atomic E-state index is 13.2. The van der Waals surface area contributed by atoms with Gasteiger partial charge in [-0.1, -0.05) is 51.1 Å². The average molecular weight is 564 g/mol. The molecule has 2 aliphatic heterocycles. The van der Waals surface area contributed by atoms with Crippen molar-refractivity contribution in [1.82, 2.24) is 19.0 Å². The first-order chi connectivity index (χ1) is 18.8. The van der Waals surface area contributed by atoms with E-state index in [1.807, 2.05) is 62.5 Å². The van der Waals surface area contributed by atoms with Crippen molar-refractivity contribution in [2.45, 2.75) is 38.5 Å². The van der Waals surface area contributed by atoms with E-state index in [-0.39, 0.29) is 10.8 Å². The first-order valence-corrected chi connectivity index (χ1v) is 15.6. The van der Waals surface area contributed by atoms with Gasteiger partial charge in [0, 0.05) is 43.5 Å². The zero-order valence-corrected chi connectivity index (χ0v) is 24.1. The van der Waals surface area contributed by atoms with Crippen LogP contribution in [0.5, 0.6) is 0 Å². The van der Waals surface area contributed by atoms with E-state index in [1.165, 1.54) is 16.1 Å². The van der Waals surface area contributed by atoms with Gasteiger partial charge in [0.1, 0.15) is 5.69 Å². The molecule has 39 heavy (non-hydrogen) atoms. The highest BCUT2D eigenvalue weighted by atomic mass is 32.2. The van der Waals surface area contributed by atoms with E-state index in [2.05, 4.69) is 16.8 Å². The number of aliphatic imine (C=N–C) groups is 1. The number of nitrogens with zero attached hydrogens (tertiary/aromatic N) is 5. The van der Waals surface area contributed by atoms with Gasteiger partial charge in [-0.05, 0) is 60.9 Å². The van der Waals surface area contributed by atoms with Crippen molar-refractivity contribution in [2.24, 2.45) is 10.9 Å². The number of piperidine rings is 1. The van der Waals surface area contributed by atoms with E-state index >= 15 is 0 Å². The lowest BCUT2D eigenvalue weighted by Crippen LogP contribution is -2.35. The number of hydrogen-bond donors (Lipinski definition) is 0. The summed E-state index contributed by atoms with van der Waals surface area (Å²) in [6.45, 7) is 8.49. The van der Waals surface area contributed by atoms with Crippen LogP contribution in [-0.2, 0) is 14.8 Å². The van der Waals surface area contributed by atoms with Crippen LogP contribution in [0.3, 0.4) is 0 Å². The van der Waals surface area contributed by atoms with E-state index in [9.17, 15) is 13.2 Å². The second kappa shape index (κ2) is 11.5. The smallest absolute Gasteiger partial charge is 0.286 e. The fourth-order valence-electron chi connectivity index (χ4n) is 4.82. The summed E-state index contributed by atoms with van der Waals surface area (Å²) >= 11 is 1.40. The number of carbonyl (C=O) groups excluding carboxylic acids is 1. The van der Waals surface area contributed by atoms with Crippen LogP contribution in [-0.4, -0.2) is 64.7 Å². The fourth-order valence-corrected chi connectivity index (χ4v) is 7.28. The molecule has 1 fully saturated rings. The number of aromatic nitrogens is 2. The highest BCUT2D eigenvalue weighted by molar-refractivity contribution is 8.18. The largest absolute Gasteiger partial charge is 0.351 e. The Balaban J connectivity index is 1.53. The Hall–Kier alpha value is -3.21. The number of hydrogen-bond acceptors (Lipinski definition) is 6. The van der Waals surface area contributed by atoms with Crippen molar-refractivity contribution in [1.29, 1.82) is 0 Å². The molecule has 0 unspecified atom stereocenters. The summed E-state index contributed by atoms with van der Waals surface area (Å²) in [5, 5.41) is 5.59. The molecular weight excluding hydrogens is 530 g/mol. The third-order valence-corrected chi connectivity index (χ3v) is 10.3. The first-order valence-electron chi connectivity index (χ1n) is 13.3. The van der Waals surface area contributed by atoms with Crippen molar-refractivity contribution >= 4 is 38.9 Å². The van der Waals surface area contributed by atoms with Crippen molar-refractivity contribution in [3.8, 4) is 16.9 Å². The lowest BCUT2D eigenvalue weighted by Gasteiger charge is -2.30. The predicted molar refractivity (Wildman–Crippen MR) is 157 cm³/mol. The number of sulfonamides is 1. The molecule has 0 atom stereocenters. The number of rotatable bonds is 7. The van der Waals surface area contributed by atoms with Crippen LogP contribution >= 0.6 is 11.8 Å². The third kappa shape index (κ3) is 5.73. The highest BCUT2D eigenvalue weighted by Gasteiger charge is 2.29. The summed E-state index contributed by atoms with van der Waals surface area (Å²) < 4.78 is 29.7. The van der Waals surface area contributed by atoms with Gasteiger partial charge in [-0.2, -0.15) is 14.4 Å². The fraction of sp³-hybridized carbons (Fsp3) is 0.345. The predicted octanol–water partition coefficient (Wildman–Crippen LogP) is 5.27. The molecule has 3 aromatic rings. The molecule has 10 heteroatoms. The Kier molecular flexibility index (Phi) is 8.06. The molecule has 8 nitrogen and oxygen atoms in total. The Labute approximate surface area is 234 Å². The number of amides is 1. The van der Waals surface area contributed by atoms with Crippen LogP contribution in [0, 0.1) is 5.92 Å². The summed E-state index contributed by atoms with van der Waals surface area (Å²) in [4.78, 5) is 20.2. The molecule has 0 aliphatic carbocycles. The molecule has 1 saturated heterocycles. The minimum absolute atomic E-state index is 0.216. The molecule has 0 N–H and O–H groups in total. The van der Waals surface area contributed by atoms with Gasteiger partial charge in [0.2, 0.25) is 10.0 Å². The molecule has 0 bridgehead atoms. The van der Waals surface area contributed by atoms with Crippen LogP contribution in [0.25, 0.3) is 23.0 Å². The molecule has 1 aromatic heterocycles. The Bertz CT molecular complexity index is 1520. The number of benzene rings is 2. The molecule has 2 aromatic carbocycles. The summed E-state index contributed by atoms with van der Waals surface area (Å²) in [6, 6.07) is 16.6. The summed E-state index contributed by atoms with van der Waals surface area (Å²) in [6.07, 6.45) is 5.88. The van der Waals surface area contributed by atoms with Crippen LogP contribution in [0.1, 0.15) is 39.2 Å². The quantitative estimate of drug-likeness (QED) is 0.364. The monoisotopic (exact) mass is 563 g/mol. The van der Waals surface area contributed by atoms with Gasteiger partial charge < -0.3 is 4.90 Å². The lowest BCUT2D eigenvalue weighted by molar-refractivity contribution is -0.113. The van der Waals surface area contributed by atoms with Crippen LogP contribution in [0.2, 0.25) is 0 Å². The van der Waals surface area contributed by atoms with Gasteiger partial charge >= 0.3 is 0 Å². The van der Waals surface area contributed by atoms with Crippen molar-refractivity contribution < 1.29 is 13.2 Å². The Morgan fingerprint density at radius 2 is 1.77 bits per heavy atom. The Morgan fingerprint density at radius 1 is 1.05 bits per heavy atom. The second-order valence-corrected chi connectivity index (χ2v) is 12.8. The van der Waals surface area contributed by atoms with Gasteiger partial charge in [0.05, 0.1) is 15.5 Å². The van der Waals surface area contributed by atoms with Crippen LogP contribution in [0.4, 0.5) is 0 Å². The summed E-state index contributed by atoms with van der Waals surface area (Å²) in [5.74, 6) is 0.427. The highest BCUT2D eigenvalue weighted by Crippen LogP contribution is 2.35. The number of amidine groups is 1. The molecule has 0 radical (unpaired) electrons. The molecular formula is C29H33N5O3S2. The van der Waals surface area contributed by atoms with E-state index in [4.69, 9.17) is 5.10 Å². The van der Waals surface area contributed by atoms with E-state index in [1.54, 1.807) is 22.9 Å². The Morgan fingerprint density at radius 3 is 2.46 bits per heavy atom. The van der Waals surface area contributed by atoms with Crippen LogP contribution in [0.15, 0.2) is 75.6 Å². The van der Waals surface area contributed by atoms with Crippen molar-refractivity contribution in [3.05, 3.63) is 71.3 Å². The number of para-hydroxylation sites is 1. The van der Waals surface area contributed by atoms with Gasteiger partial charge in [-0.3, -0.25) is 4.79 Å². The normalized spacial score (nSPS) is 17.8. The zero-order valence-electron chi connectivity index (χ0n) is 22.4. The van der Waals surface area contributed by atoms with Gasteiger partial charge in [0.25, 0.3) is 5.91 Å². The maximum Gasteiger partial charge on any atom is 0.286 e. The van der Waals surface area contributed by atoms with Gasteiger partial charge in [-0.25, -0.2) is 13.1 Å². The topological polar surface area (TPSA) is 87.9 Å².